The summed E-state index contributed by atoms with van der Waals surface area (Å²) in [4.78, 5) is 4.23. The van der Waals surface area contributed by atoms with E-state index in [1.165, 1.54) is 5.49 Å². The van der Waals surface area contributed by atoms with E-state index in [0.717, 1.165) is 0 Å². The number of nitrogens with two attached hydrogens (primary N) is 1. The van der Waals surface area contributed by atoms with Crippen molar-refractivity contribution in [3.8, 4) is 0 Å². The highest BCUT2D eigenvalue weighted by molar-refractivity contribution is 7.78. The van der Waals surface area contributed by atoms with Crippen LogP contribution in [0.3, 0.4) is 0 Å². The maximum absolute atomic E-state index is 5.78. The van der Waals surface area contributed by atoms with E-state index in [4.69, 9.17) is 22.4 Å². The van der Waals surface area contributed by atoms with E-state index >= 15 is 0 Å². The molecule has 6 nitrogen and oxygen atoms in total. The summed E-state index contributed by atoms with van der Waals surface area (Å²) in [5.41, 5.74) is 10.1. The van der Waals surface area contributed by atoms with Gasteiger partial charge in [-0.25, -0.2) is 15.4 Å². The van der Waals surface area contributed by atoms with Crippen LogP contribution in [0.15, 0.2) is 27.8 Å². The molecule has 80 valence electrons. The van der Waals surface area contributed by atoms with Gasteiger partial charge in [-0.15, -0.1) is 5.12 Å². The first-order valence-electron chi connectivity index (χ1n) is 4.36. The van der Waals surface area contributed by atoms with Crippen LogP contribution in [0.25, 0.3) is 0 Å². The van der Waals surface area contributed by atoms with Crippen LogP contribution >= 0.6 is 12.2 Å². The van der Waals surface area contributed by atoms with E-state index < -0.39 is 6.29 Å². The van der Waals surface area contributed by atoms with Crippen LogP contribution in [-0.4, -0.2) is 34.8 Å². The number of amidine groups is 1. The number of furan rings is 1. The minimum atomic E-state index is -0.505. The first kappa shape index (κ1) is 10.2. The molecule has 7 heteroatoms. The normalized spacial score (nSPS) is 21.9. The van der Waals surface area contributed by atoms with Gasteiger partial charge in [-0.05, 0) is 12.1 Å². The Morgan fingerprint density at radius 2 is 2.53 bits per heavy atom. The van der Waals surface area contributed by atoms with E-state index in [9.17, 15) is 0 Å². The van der Waals surface area contributed by atoms with Gasteiger partial charge in [0.2, 0.25) is 0 Å². The molecule has 1 aromatic heterocycles. The minimum Gasteiger partial charge on any atom is -0.461 e. The lowest BCUT2D eigenvalue weighted by Crippen LogP contribution is -2.53. The molecule has 0 radical (unpaired) electrons. The average Bonchev–Trinajstić information content (AvgIpc) is 2.83. The molecule has 0 saturated heterocycles. The van der Waals surface area contributed by atoms with Gasteiger partial charge in [-0.1, -0.05) is 12.2 Å². The van der Waals surface area contributed by atoms with Gasteiger partial charge in [0.05, 0.1) is 11.8 Å². The Hall–Kier alpha value is -1.28. The summed E-state index contributed by atoms with van der Waals surface area (Å²) in [6, 6.07) is 3.59. The highest BCUT2D eigenvalue weighted by atomic mass is 32.1. The maximum Gasteiger partial charge on any atom is 0.191 e. The second-order valence-electron chi connectivity index (χ2n) is 2.86. The smallest absolute Gasteiger partial charge is 0.191 e. The highest BCUT2D eigenvalue weighted by Gasteiger charge is 2.31. The van der Waals surface area contributed by atoms with E-state index in [1.807, 2.05) is 0 Å². The second-order valence-corrected chi connectivity index (χ2v) is 3.07. The third-order valence-electron chi connectivity index (χ3n) is 2.02. The van der Waals surface area contributed by atoms with Gasteiger partial charge in [0.1, 0.15) is 0 Å². The molecule has 2 rings (SSSR count). The van der Waals surface area contributed by atoms with Crippen molar-refractivity contribution in [2.45, 2.75) is 6.29 Å². The standard InChI is InChI=1S/C8H11N5OS/c1-10-13-8(9)11-7(12(13)5-15)6-3-2-4-14-6/h2-5,8,10H,9H2,1H3. The van der Waals surface area contributed by atoms with Crippen LogP contribution in [-0.2, 0) is 0 Å². The number of hydrogen-bond acceptors (Lipinski definition) is 6. The Kier molecular flexibility index (Phi) is 2.78. The number of thiocarbonyl (C=S) groups is 1. The van der Waals surface area contributed by atoms with Crippen molar-refractivity contribution < 1.29 is 4.42 Å². The Bertz CT molecular complexity index is 376. The zero-order valence-corrected chi connectivity index (χ0v) is 8.94. The quantitative estimate of drug-likeness (QED) is 0.700. The fourth-order valence-corrected chi connectivity index (χ4v) is 1.59. The summed E-state index contributed by atoms with van der Waals surface area (Å²) in [6.07, 6.45) is 1.07. The topological polar surface area (TPSA) is 70.0 Å². The molecule has 3 N–H and O–H groups in total. The molecule has 0 amide bonds. The molecule has 0 aliphatic carbocycles. The molecule has 1 atom stereocenters. The van der Waals surface area contributed by atoms with Crippen LogP contribution in [0.2, 0.25) is 0 Å². The lowest BCUT2D eigenvalue weighted by atomic mass is 10.4. The van der Waals surface area contributed by atoms with E-state index in [-0.39, 0.29) is 0 Å². The third-order valence-corrected chi connectivity index (χ3v) is 2.22. The van der Waals surface area contributed by atoms with Crippen LogP contribution < -0.4 is 11.2 Å². The summed E-state index contributed by atoms with van der Waals surface area (Å²) in [6.45, 7) is 0. The van der Waals surface area contributed by atoms with Gasteiger partial charge in [-0.3, -0.25) is 5.73 Å². The lowest BCUT2D eigenvalue weighted by Gasteiger charge is -2.26. The van der Waals surface area contributed by atoms with Gasteiger partial charge < -0.3 is 4.42 Å². The molecule has 1 aromatic rings. The van der Waals surface area contributed by atoms with Crippen LogP contribution in [0.5, 0.6) is 0 Å². The molecular weight excluding hydrogens is 214 g/mol. The lowest BCUT2D eigenvalue weighted by molar-refractivity contribution is 0.0401. The maximum atomic E-state index is 5.78. The molecule has 1 unspecified atom stereocenters. The largest absolute Gasteiger partial charge is 0.461 e. The zero-order valence-electron chi connectivity index (χ0n) is 8.12. The predicted octanol–water partition coefficient (Wildman–Crippen LogP) is -0.107. The van der Waals surface area contributed by atoms with Gasteiger partial charge in [-0.2, -0.15) is 0 Å². The number of rotatable bonds is 3. The predicted molar refractivity (Wildman–Crippen MR) is 59.6 cm³/mol. The highest BCUT2D eigenvalue weighted by Crippen LogP contribution is 2.15. The van der Waals surface area contributed by atoms with E-state index in [2.05, 4.69) is 10.4 Å². The van der Waals surface area contributed by atoms with Crippen molar-refractivity contribution >= 4 is 23.5 Å². The van der Waals surface area contributed by atoms with Gasteiger partial charge in [0.15, 0.2) is 17.9 Å². The third kappa shape index (κ3) is 1.65. The van der Waals surface area contributed by atoms with Crippen molar-refractivity contribution in [2.24, 2.45) is 10.7 Å². The first-order valence-corrected chi connectivity index (χ1v) is 4.83. The monoisotopic (exact) mass is 225 g/mol. The van der Waals surface area contributed by atoms with E-state index in [1.54, 1.807) is 35.6 Å². The van der Waals surface area contributed by atoms with Gasteiger partial charge in [0.25, 0.3) is 0 Å². The van der Waals surface area contributed by atoms with Crippen LogP contribution in [0.4, 0.5) is 0 Å². The summed E-state index contributed by atoms with van der Waals surface area (Å²) in [5.74, 6) is 1.22. The van der Waals surface area contributed by atoms with Crippen molar-refractivity contribution in [1.82, 2.24) is 15.6 Å². The molecule has 0 fully saturated rings. The van der Waals surface area contributed by atoms with Crippen LogP contribution in [0, 0.1) is 0 Å². The average molecular weight is 225 g/mol. The fraction of sp³-hybridized carbons (Fsp3) is 0.250. The number of aliphatic imine (C=N–C) groups is 1. The molecule has 15 heavy (non-hydrogen) atoms. The Labute approximate surface area is 92.3 Å². The van der Waals surface area contributed by atoms with Gasteiger partial charge >= 0.3 is 0 Å². The Morgan fingerprint density at radius 1 is 1.73 bits per heavy atom. The summed E-state index contributed by atoms with van der Waals surface area (Å²) >= 11 is 4.90. The number of hydrazine groups is 2. The molecular formula is C8H11N5OS. The first-order chi connectivity index (χ1) is 7.27. The number of nitrogens with zero attached hydrogens (tertiary/aromatic N) is 3. The van der Waals surface area contributed by atoms with Crippen molar-refractivity contribution in [3.63, 3.8) is 0 Å². The summed E-state index contributed by atoms with van der Waals surface area (Å²) < 4.78 is 5.24. The molecule has 0 saturated carbocycles. The molecule has 0 bridgehead atoms. The SMILES string of the molecule is CNN1C(N)N=C(c2ccco2)N1C=S. The van der Waals surface area contributed by atoms with Crippen molar-refractivity contribution in [3.05, 3.63) is 24.2 Å². The van der Waals surface area contributed by atoms with Crippen molar-refractivity contribution in [2.75, 3.05) is 7.05 Å². The van der Waals surface area contributed by atoms with E-state index in [0.29, 0.717) is 11.6 Å². The molecule has 2 heterocycles. The number of hydrogen-bond donors (Lipinski definition) is 2. The van der Waals surface area contributed by atoms with Crippen molar-refractivity contribution in [1.29, 1.82) is 0 Å². The number of nitrogens with one attached hydrogen (secondary N) is 1. The Balaban J connectivity index is 2.33. The fourth-order valence-electron chi connectivity index (χ4n) is 1.39. The van der Waals surface area contributed by atoms with Crippen LogP contribution in [0.1, 0.15) is 5.76 Å². The Morgan fingerprint density at radius 3 is 3.07 bits per heavy atom. The molecule has 1 aliphatic heterocycles. The zero-order chi connectivity index (χ0) is 10.8. The minimum absolute atomic E-state index is 0.505. The summed E-state index contributed by atoms with van der Waals surface area (Å²) in [7, 11) is 1.74. The molecule has 0 aromatic carbocycles. The molecule has 0 spiro atoms. The summed E-state index contributed by atoms with van der Waals surface area (Å²) in [5, 5.41) is 3.23. The second kappa shape index (κ2) is 4.07. The molecule has 1 aliphatic rings. The van der Waals surface area contributed by atoms with Gasteiger partial charge in [0, 0.05) is 7.05 Å².